The molecule has 0 atom stereocenters. The van der Waals surface area contributed by atoms with Crippen molar-refractivity contribution >= 4 is 32.6 Å². The standard InChI is InChI=1S/C17H12.C14H13N.C10H14.4C2H6/c1-2-6-13-11-17-15(9-12(13)5-1)10-14-7-3-4-8-16(14)17;1-2-15-13-9-5-3-7-11(13)12-8-4-6-10-14(12)15;1-3-9-7-5-6-8-10(9)4-2;4*1-2/h1-9,11H,10H2;3-10H,2H2,1H3;5-8H,3-4H2,1-2H3;4*1-2H3. The predicted molar refractivity (Wildman–Crippen MR) is 228 cm³/mol. The van der Waals surface area contributed by atoms with E-state index < -0.39 is 0 Å². The zero-order chi connectivity index (χ0) is 36.9. The summed E-state index contributed by atoms with van der Waals surface area (Å²) in [5.74, 6) is 0. The Morgan fingerprint density at radius 3 is 1.34 bits per heavy atom. The van der Waals surface area contributed by atoms with Crippen LogP contribution in [0.25, 0.3) is 43.7 Å². The van der Waals surface area contributed by atoms with Crippen LogP contribution in [0.15, 0.2) is 133 Å². The van der Waals surface area contributed by atoms with Gasteiger partial charge in [-0.3, -0.25) is 0 Å². The maximum absolute atomic E-state index is 2.37. The van der Waals surface area contributed by atoms with Crippen LogP contribution < -0.4 is 0 Å². The van der Waals surface area contributed by atoms with Gasteiger partial charge in [-0.2, -0.15) is 0 Å². The number of aromatic nitrogens is 1. The zero-order valence-corrected chi connectivity index (χ0v) is 33.0. The lowest BCUT2D eigenvalue weighted by molar-refractivity contribution is 0.827. The number of aryl methyl sites for hydroxylation is 3. The highest BCUT2D eigenvalue weighted by molar-refractivity contribution is 6.07. The third-order valence-corrected chi connectivity index (χ3v) is 8.54. The number of fused-ring (bicyclic) bond motifs is 7. The van der Waals surface area contributed by atoms with E-state index in [0.29, 0.717) is 0 Å². The molecular formula is C49H63N. The van der Waals surface area contributed by atoms with Gasteiger partial charge in [0.2, 0.25) is 0 Å². The molecule has 0 amide bonds. The van der Waals surface area contributed by atoms with Gasteiger partial charge < -0.3 is 4.57 Å². The van der Waals surface area contributed by atoms with E-state index in [4.69, 9.17) is 0 Å². The Balaban J connectivity index is 0.000000242. The van der Waals surface area contributed by atoms with Crippen molar-refractivity contribution in [1.82, 2.24) is 4.57 Å². The summed E-state index contributed by atoms with van der Waals surface area (Å²) in [7, 11) is 0. The van der Waals surface area contributed by atoms with E-state index in [1.807, 2.05) is 55.4 Å². The number of nitrogens with zero attached hydrogens (tertiary/aromatic N) is 1. The number of hydrogen-bond donors (Lipinski definition) is 0. The molecule has 0 saturated heterocycles. The van der Waals surface area contributed by atoms with Crippen LogP contribution >= 0.6 is 0 Å². The first-order chi connectivity index (χ1) is 24.7. The molecule has 1 heterocycles. The summed E-state index contributed by atoms with van der Waals surface area (Å²) in [5, 5.41) is 5.40. The van der Waals surface area contributed by atoms with Crippen LogP contribution in [0, 0.1) is 0 Å². The molecule has 6 aromatic carbocycles. The maximum Gasteiger partial charge on any atom is 0.0491 e. The molecule has 8 rings (SSSR count). The molecule has 264 valence electrons. The van der Waals surface area contributed by atoms with Gasteiger partial charge in [0.1, 0.15) is 0 Å². The lowest BCUT2D eigenvalue weighted by Gasteiger charge is -2.03. The summed E-state index contributed by atoms with van der Waals surface area (Å²) in [4.78, 5) is 0. The molecule has 0 radical (unpaired) electrons. The van der Waals surface area contributed by atoms with E-state index in [2.05, 4.69) is 159 Å². The minimum atomic E-state index is 1.02. The fraction of sp³-hybridized carbons (Fsp3) is 0.306. The zero-order valence-electron chi connectivity index (χ0n) is 33.0. The minimum Gasteiger partial charge on any atom is -0.341 e. The highest BCUT2D eigenvalue weighted by Crippen LogP contribution is 2.38. The van der Waals surface area contributed by atoms with Gasteiger partial charge in [0.25, 0.3) is 0 Å². The van der Waals surface area contributed by atoms with E-state index >= 15 is 0 Å². The molecule has 0 fully saturated rings. The Labute approximate surface area is 305 Å². The summed E-state index contributed by atoms with van der Waals surface area (Å²) in [5.41, 5.74) is 11.4. The van der Waals surface area contributed by atoms with E-state index in [-0.39, 0.29) is 0 Å². The quantitative estimate of drug-likeness (QED) is 0.177. The first-order valence-corrected chi connectivity index (χ1v) is 19.3. The molecule has 1 aliphatic carbocycles. The van der Waals surface area contributed by atoms with Crippen molar-refractivity contribution in [1.29, 1.82) is 0 Å². The Morgan fingerprint density at radius 1 is 0.420 bits per heavy atom. The third kappa shape index (κ3) is 9.97. The van der Waals surface area contributed by atoms with Gasteiger partial charge in [0, 0.05) is 28.4 Å². The van der Waals surface area contributed by atoms with Gasteiger partial charge in [0.15, 0.2) is 0 Å². The highest BCUT2D eigenvalue weighted by atomic mass is 15.0. The van der Waals surface area contributed by atoms with Crippen molar-refractivity contribution < 1.29 is 0 Å². The first kappa shape index (κ1) is 41.6. The van der Waals surface area contributed by atoms with Crippen LogP contribution in [0.5, 0.6) is 0 Å². The van der Waals surface area contributed by atoms with Crippen molar-refractivity contribution in [2.24, 2.45) is 0 Å². The molecular weight excluding hydrogens is 603 g/mol. The number of benzene rings is 6. The van der Waals surface area contributed by atoms with Crippen LogP contribution in [0.1, 0.15) is 98.4 Å². The molecule has 7 aromatic rings. The van der Waals surface area contributed by atoms with Crippen LogP contribution in [-0.4, -0.2) is 4.57 Å². The van der Waals surface area contributed by atoms with Crippen molar-refractivity contribution in [3.8, 4) is 11.1 Å². The van der Waals surface area contributed by atoms with Crippen molar-refractivity contribution in [2.75, 3.05) is 0 Å². The molecule has 1 aromatic heterocycles. The van der Waals surface area contributed by atoms with Crippen LogP contribution in [0.3, 0.4) is 0 Å². The fourth-order valence-electron chi connectivity index (χ4n) is 6.42. The Kier molecular flexibility index (Phi) is 19.0. The summed E-state index contributed by atoms with van der Waals surface area (Å²) in [6.45, 7) is 23.6. The normalized spacial score (nSPS) is 10.1. The molecule has 0 N–H and O–H groups in total. The van der Waals surface area contributed by atoms with Gasteiger partial charge >= 0.3 is 0 Å². The van der Waals surface area contributed by atoms with Crippen LogP contribution in [-0.2, 0) is 25.8 Å². The number of para-hydroxylation sites is 2. The van der Waals surface area contributed by atoms with Crippen LogP contribution in [0.2, 0.25) is 0 Å². The van der Waals surface area contributed by atoms with Gasteiger partial charge in [-0.15, -0.1) is 0 Å². The van der Waals surface area contributed by atoms with Gasteiger partial charge in [-0.05, 0) is 88.5 Å². The average Bonchev–Trinajstić information content (AvgIpc) is 3.75. The van der Waals surface area contributed by atoms with Crippen molar-refractivity contribution in [3.63, 3.8) is 0 Å². The first-order valence-electron chi connectivity index (χ1n) is 19.3. The van der Waals surface area contributed by atoms with E-state index in [0.717, 1.165) is 25.8 Å². The summed E-state index contributed by atoms with van der Waals surface area (Å²) >= 11 is 0. The highest BCUT2D eigenvalue weighted by Gasteiger charge is 2.17. The lowest BCUT2D eigenvalue weighted by Crippen LogP contribution is -1.91. The molecule has 0 aliphatic heterocycles. The van der Waals surface area contributed by atoms with Crippen molar-refractivity contribution in [2.45, 2.75) is 102 Å². The van der Waals surface area contributed by atoms with Gasteiger partial charge in [-0.1, -0.05) is 184 Å². The molecule has 1 nitrogen and oxygen atoms in total. The molecule has 0 bridgehead atoms. The maximum atomic E-state index is 2.37. The monoisotopic (exact) mass is 665 g/mol. The molecule has 0 spiro atoms. The van der Waals surface area contributed by atoms with Gasteiger partial charge in [-0.25, -0.2) is 0 Å². The average molecular weight is 666 g/mol. The summed E-state index contributed by atoms with van der Waals surface area (Å²) in [6, 6.07) is 47.8. The number of rotatable bonds is 3. The second-order valence-corrected chi connectivity index (χ2v) is 10.9. The number of hydrogen-bond acceptors (Lipinski definition) is 0. The Hall–Kier alpha value is -4.62. The second kappa shape index (κ2) is 22.9. The summed E-state index contributed by atoms with van der Waals surface area (Å²) in [6.07, 6.45) is 3.39. The molecule has 50 heavy (non-hydrogen) atoms. The Morgan fingerprint density at radius 2 is 0.840 bits per heavy atom. The topological polar surface area (TPSA) is 4.93 Å². The van der Waals surface area contributed by atoms with E-state index in [1.54, 1.807) is 0 Å². The molecule has 1 heteroatoms. The lowest BCUT2D eigenvalue weighted by atomic mass is 10.0. The Bertz CT molecular complexity index is 1900. The van der Waals surface area contributed by atoms with E-state index in [9.17, 15) is 0 Å². The van der Waals surface area contributed by atoms with E-state index in [1.165, 1.54) is 66.0 Å². The smallest absolute Gasteiger partial charge is 0.0491 e. The minimum absolute atomic E-state index is 1.02. The van der Waals surface area contributed by atoms with Crippen LogP contribution in [0.4, 0.5) is 0 Å². The predicted octanol–water partition coefficient (Wildman–Crippen LogP) is 15.1. The molecule has 0 saturated carbocycles. The largest absolute Gasteiger partial charge is 0.341 e. The third-order valence-electron chi connectivity index (χ3n) is 8.54. The molecule has 0 unspecified atom stereocenters. The fourth-order valence-corrected chi connectivity index (χ4v) is 6.42. The second-order valence-electron chi connectivity index (χ2n) is 10.9. The SMILES string of the molecule is CC.CC.CC.CC.CCc1ccccc1CC.CCn1c2ccccc2c2ccccc21.c1ccc2c(c1)Cc1cc3ccccc3cc1-2. The van der Waals surface area contributed by atoms with Gasteiger partial charge in [0.05, 0.1) is 0 Å². The molecule has 1 aliphatic rings. The van der Waals surface area contributed by atoms with Crippen molar-refractivity contribution in [3.05, 3.63) is 156 Å². The summed E-state index contributed by atoms with van der Waals surface area (Å²) < 4.78 is 2.37.